The van der Waals surface area contributed by atoms with Crippen LogP contribution in [-0.2, 0) is 11.3 Å². The number of aliphatic hydroxyl groups excluding tert-OH is 2. The maximum Gasteiger partial charge on any atom is 0.185 e. The quantitative estimate of drug-likeness (QED) is 0.686. The molecule has 19 heavy (non-hydrogen) atoms. The molecule has 0 fully saturated rings. The fourth-order valence-corrected chi connectivity index (χ4v) is 1.63. The normalized spacial score (nSPS) is 17.6. The van der Waals surface area contributed by atoms with Crippen molar-refractivity contribution in [1.29, 1.82) is 0 Å². The lowest BCUT2D eigenvalue weighted by molar-refractivity contribution is -0.111. The Bertz CT molecular complexity index is 610. The van der Waals surface area contributed by atoms with Gasteiger partial charge in [-0.1, -0.05) is 0 Å². The first-order chi connectivity index (χ1) is 9.04. The van der Waals surface area contributed by atoms with Gasteiger partial charge >= 0.3 is 0 Å². The number of nitrogens with two attached hydrogens (primary N) is 1. The summed E-state index contributed by atoms with van der Waals surface area (Å²) >= 11 is 0. The minimum absolute atomic E-state index is 0.0828. The van der Waals surface area contributed by atoms with Crippen LogP contribution in [0, 0.1) is 0 Å². The molecule has 0 aromatic carbocycles. The summed E-state index contributed by atoms with van der Waals surface area (Å²) in [5, 5.41) is 22.6. The Morgan fingerprint density at radius 1 is 1.47 bits per heavy atom. The molecular weight excluding hydrogens is 248 g/mol. The van der Waals surface area contributed by atoms with Crippen LogP contribution in [0.1, 0.15) is 6.92 Å². The molecule has 0 aliphatic heterocycles. The van der Waals surface area contributed by atoms with Crippen LogP contribution < -0.4 is 5.73 Å². The average molecular weight is 262 g/mol. The number of nitrogen functional groups attached to an aromatic ring is 1. The highest BCUT2D eigenvalue weighted by Crippen LogP contribution is 2.23. The van der Waals surface area contributed by atoms with Gasteiger partial charge < -0.3 is 15.9 Å². The molecular formula is C12H14N4O3. The molecule has 0 atom stereocenters. The van der Waals surface area contributed by atoms with Gasteiger partial charge in [-0.25, -0.2) is 9.67 Å². The lowest BCUT2D eigenvalue weighted by Gasteiger charge is -2.08. The number of hydrogen-bond acceptors (Lipinski definition) is 6. The number of carbonyl (C=O) groups excluding carboxylic acids is 1. The lowest BCUT2D eigenvalue weighted by atomic mass is 10.0. The highest BCUT2D eigenvalue weighted by Gasteiger charge is 2.17. The Labute approximate surface area is 109 Å². The van der Waals surface area contributed by atoms with Gasteiger partial charge in [-0.05, 0) is 19.1 Å². The molecule has 2 rings (SSSR count). The van der Waals surface area contributed by atoms with E-state index in [1.165, 1.54) is 30.0 Å². The molecule has 0 amide bonds. The van der Waals surface area contributed by atoms with Crippen LogP contribution in [0.5, 0.6) is 0 Å². The molecule has 0 radical (unpaired) electrons. The van der Waals surface area contributed by atoms with E-state index in [0.717, 1.165) is 0 Å². The van der Waals surface area contributed by atoms with Gasteiger partial charge in [0.1, 0.15) is 23.0 Å². The summed E-state index contributed by atoms with van der Waals surface area (Å²) in [6, 6.07) is 0. The minimum Gasteiger partial charge on any atom is -0.505 e. The molecule has 1 aliphatic rings. The second kappa shape index (κ2) is 5.07. The molecule has 1 aromatic heterocycles. The molecule has 7 nitrogen and oxygen atoms in total. The van der Waals surface area contributed by atoms with Crippen molar-refractivity contribution < 1.29 is 15.0 Å². The zero-order valence-corrected chi connectivity index (χ0v) is 10.4. The smallest absolute Gasteiger partial charge is 0.185 e. The van der Waals surface area contributed by atoms with Crippen molar-refractivity contribution >= 4 is 23.0 Å². The van der Waals surface area contributed by atoms with Crippen molar-refractivity contribution in [2.45, 2.75) is 13.5 Å². The van der Waals surface area contributed by atoms with Crippen LogP contribution in [0.3, 0.4) is 0 Å². The molecule has 0 spiro atoms. The first-order valence-electron chi connectivity index (χ1n) is 5.68. The van der Waals surface area contributed by atoms with Crippen LogP contribution in [0.2, 0.25) is 0 Å². The van der Waals surface area contributed by atoms with E-state index >= 15 is 0 Å². The van der Waals surface area contributed by atoms with Crippen molar-refractivity contribution in [1.82, 2.24) is 9.78 Å². The monoisotopic (exact) mass is 262 g/mol. The number of ketones is 1. The maximum absolute atomic E-state index is 11.3. The molecule has 1 heterocycles. The van der Waals surface area contributed by atoms with Crippen molar-refractivity contribution in [2.24, 2.45) is 4.99 Å². The van der Waals surface area contributed by atoms with Gasteiger partial charge in [-0.15, -0.1) is 0 Å². The summed E-state index contributed by atoms with van der Waals surface area (Å²) in [6.45, 7) is 1.71. The Morgan fingerprint density at radius 3 is 2.89 bits per heavy atom. The van der Waals surface area contributed by atoms with E-state index in [2.05, 4.69) is 10.1 Å². The Morgan fingerprint density at radius 2 is 2.21 bits per heavy atom. The Kier molecular flexibility index (Phi) is 3.48. The zero-order valence-electron chi connectivity index (χ0n) is 10.4. The second-order valence-electron chi connectivity index (χ2n) is 4.03. The number of anilines is 1. The zero-order chi connectivity index (χ0) is 14.0. The third kappa shape index (κ3) is 2.41. The van der Waals surface area contributed by atoms with Gasteiger partial charge in [-0.2, -0.15) is 5.10 Å². The molecule has 0 bridgehead atoms. The van der Waals surface area contributed by atoms with Gasteiger partial charge in [0.05, 0.1) is 19.3 Å². The fraction of sp³-hybridized carbons (Fsp3) is 0.250. The number of carbonyl (C=O) groups is 1. The van der Waals surface area contributed by atoms with E-state index in [4.69, 9.17) is 10.8 Å². The van der Waals surface area contributed by atoms with Crippen LogP contribution >= 0.6 is 0 Å². The summed E-state index contributed by atoms with van der Waals surface area (Å²) < 4.78 is 1.41. The number of aliphatic hydroxyl groups is 2. The van der Waals surface area contributed by atoms with Crippen molar-refractivity contribution in [3.05, 3.63) is 29.7 Å². The fourth-order valence-electron chi connectivity index (χ4n) is 1.63. The van der Waals surface area contributed by atoms with Crippen LogP contribution in [-0.4, -0.2) is 38.1 Å². The largest absolute Gasteiger partial charge is 0.505 e. The number of hydrogen-bond donors (Lipinski definition) is 3. The van der Waals surface area contributed by atoms with E-state index in [0.29, 0.717) is 5.69 Å². The van der Waals surface area contributed by atoms with Gasteiger partial charge in [0, 0.05) is 5.57 Å². The minimum atomic E-state index is -0.250. The molecule has 0 saturated carbocycles. The summed E-state index contributed by atoms with van der Waals surface area (Å²) in [7, 11) is 0. The third-order valence-corrected chi connectivity index (χ3v) is 2.77. The molecule has 7 heteroatoms. The van der Waals surface area contributed by atoms with Gasteiger partial charge in [0.2, 0.25) is 0 Å². The van der Waals surface area contributed by atoms with Crippen molar-refractivity contribution in [3.8, 4) is 0 Å². The van der Waals surface area contributed by atoms with Gasteiger partial charge in [-0.3, -0.25) is 4.79 Å². The topological polar surface area (TPSA) is 114 Å². The maximum atomic E-state index is 11.3. The van der Waals surface area contributed by atoms with Crippen LogP contribution in [0.4, 0.5) is 11.5 Å². The number of aliphatic imine (C=N–C) groups is 1. The standard InChI is InChI=1S/C12H14N4O3/c1-7-10(18)3-2-8(11(7)19)15-9-6-14-16(4-5-17)12(9)13/h2-3,6,17,19H,4-5,13H2,1H3/b15-8-. The molecule has 0 unspecified atom stereocenters. The highest BCUT2D eigenvalue weighted by molar-refractivity contribution is 6.21. The highest BCUT2D eigenvalue weighted by atomic mass is 16.3. The first-order valence-corrected chi connectivity index (χ1v) is 5.68. The van der Waals surface area contributed by atoms with E-state index in [1.807, 2.05) is 0 Å². The summed E-state index contributed by atoms with van der Waals surface area (Å²) in [6.07, 6.45) is 4.20. The SMILES string of the molecule is CC1=C(O)/C(=N\c2cnn(CCO)c2N)C=CC1=O. The summed E-state index contributed by atoms with van der Waals surface area (Å²) in [5.74, 6) is -0.125. The van der Waals surface area contributed by atoms with Gasteiger partial charge in [0.25, 0.3) is 0 Å². The number of nitrogens with zero attached hydrogens (tertiary/aromatic N) is 3. The third-order valence-electron chi connectivity index (χ3n) is 2.77. The molecule has 1 aromatic rings. The molecule has 0 saturated heterocycles. The molecule has 100 valence electrons. The first kappa shape index (κ1) is 13.0. The van der Waals surface area contributed by atoms with Crippen LogP contribution in [0.15, 0.2) is 34.7 Å². The van der Waals surface area contributed by atoms with Gasteiger partial charge in [0.15, 0.2) is 5.78 Å². The van der Waals surface area contributed by atoms with Crippen molar-refractivity contribution in [2.75, 3.05) is 12.3 Å². The second-order valence-corrected chi connectivity index (χ2v) is 4.03. The predicted molar refractivity (Wildman–Crippen MR) is 70.3 cm³/mol. The molecule has 1 aliphatic carbocycles. The summed E-state index contributed by atoms with van der Waals surface area (Å²) in [4.78, 5) is 15.5. The number of aromatic nitrogens is 2. The van der Waals surface area contributed by atoms with E-state index in [9.17, 15) is 9.90 Å². The van der Waals surface area contributed by atoms with Crippen molar-refractivity contribution in [3.63, 3.8) is 0 Å². The molecule has 4 N–H and O–H groups in total. The number of allylic oxidation sites excluding steroid dienone is 3. The number of rotatable bonds is 3. The summed E-state index contributed by atoms with van der Waals surface area (Å²) in [5.41, 5.74) is 6.68. The van der Waals surface area contributed by atoms with E-state index in [1.54, 1.807) is 0 Å². The lowest BCUT2D eigenvalue weighted by Crippen LogP contribution is -2.12. The van der Waals surface area contributed by atoms with E-state index < -0.39 is 0 Å². The van der Waals surface area contributed by atoms with Crippen LogP contribution in [0.25, 0.3) is 0 Å². The predicted octanol–water partition coefficient (Wildman–Crippen LogP) is 0.501. The Balaban J connectivity index is 2.37. The average Bonchev–Trinajstić information content (AvgIpc) is 2.73. The van der Waals surface area contributed by atoms with E-state index in [-0.39, 0.29) is 41.8 Å². The Hall–Kier alpha value is -2.41.